The maximum Gasteiger partial charge on any atom is 0.223 e. The Bertz CT molecular complexity index is 570. The first-order chi connectivity index (χ1) is 8.61. The molecule has 2 rings (SSSR count). The van der Waals surface area contributed by atoms with Crippen LogP contribution in [0.1, 0.15) is 12.5 Å². The lowest BCUT2D eigenvalue weighted by molar-refractivity contribution is 0.509. The van der Waals surface area contributed by atoms with Crippen LogP contribution in [0.3, 0.4) is 0 Å². The first kappa shape index (κ1) is 12.4. The fourth-order valence-corrected chi connectivity index (χ4v) is 1.62. The van der Waals surface area contributed by atoms with Crippen LogP contribution in [0.25, 0.3) is 11.3 Å². The van der Waals surface area contributed by atoms with Gasteiger partial charge in [0.15, 0.2) is 11.6 Å². The Hall–Kier alpha value is -2.04. The molecule has 0 saturated heterocycles. The average molecular weight is 249 g/mol. The first-order valence-corrected chi connectivity index (χ1v) is 5.64. The second-order valence-corrected chi connectivity index (χ2v) is 3.88. The summed E-state index contributed by atoms with van der Waals surface area (Å²) in [4.78, 5) is 8.40. The van der Waals surface area contributed by atoms with E-state index in [0.717, 1.165) is 17.7 Å². The van der Waals surface area contributed by atoms with E-state index in [1.807, 2.05) is 13.8 Å². The molecule has 0 bridgehead atoms. The molecule has 0 aliphatic carbocycles. The van der Waals surface area contributed by atoms with Crippen molar-refractivity contribution in [2.24, 2.45) is 0 Å². The van der Waals surface area contributed by atoms with Gasteiger partial charge in [-0.05, 0) is 37.6 Å². The van der Waals surface area contributed by atoms with Gasteiger partial charge in [0, 0.05) is 18.3 Å². The topological polar surface area (TPSA) is 37.8 Å². The Morgan fingerprint density at radius 3 is 2.67 bits per heavy atom. The van der Waals surface area contributed by atoms with Crippen molar-refractivity contribution in [2.45, 2.75) is 13.8 Å². The number of nitrogens with zero attached hydrogens (tertiary/aromatic N) is 2. The van der Waals surface area contributed by atoms with Gasteiger partial charge in [-0.2, -0.15) is 0 Å². The number of anilines is 1. The smallest absolute Gasteiger partial charge is 0.223 e. The van der Waals surface area contributed by atoms with Crippen molar-refractivity contribution in [2.75, 3.05) is 11.9 Å². The van der Waals surface area contributed by atoms with Crippen molar-refractivity contribution < 1.29 is 8.78 Å². The molecule has 18 heavy (non-hydrogen) atoms. The van der Waals surface area contributed by atoms with E-state index >= 15 is 0 Å². The Balaban J connectivity index is 2.48. The van der Waals surface area contributed by atoms with Crippen molar-refractivity contribution in [1.29, 1.82) is 0 Å². The molecule has 1 N–H and O–H groups in total. The molecule has 0 atom stereocenters. The minimum absolute atomic E-state index is 0.475. The highest BCUT2D eigenvalue weighted by Crippen LogP contribution is 2.23. The lowest BCUT2D eigenvalue weighted by Gasteiger charge is -2.08. The Kier molecular flexibility index (Phi) is 3.50. The maximum atomic E-state index is 13.2. The molecule has 0 radical (unpaired) electrons. The number of rotatable bonds is 3. The second-order valence-electron chi connectivity index (χ2n) is 3.88. The lowest BCUT2D eigenvalue weighted by atomic mass is 10.1. The van der Waals surface area contributed by atoms with E-state index in [1.54, 1.807) is 6.20 Å². The van der Waals surface area contributed by atoms with E-state index in [1.165, 1.54) is 6.07 Å². The predicted octanol–water partition coefficient (Wildman–Crippen LogP) is 3.16. The summed E-state index contributed by atoms with van der Waals surface area (Å²) in [5, 5.41) is 2.98. The molecule has 1 heterocycles. The molecule has 94 valence electrons. The van der Waals surface area contributed by atoms with E-state index in [9.17, 15) is 8.78 Å². The average Bonchev–Trinajstić information content (AvgIpc) is 2.35. The molecule has 3 nitrogen and oxygen atoms in total. The molecule has 0 aliphatic rings. The molecule has 0 saturated carbocycles. The largest absolute Gasteiger partial charge is 0.354 e. The summed E-state index contributed by atoms with van der Waals surface area (Å²) in [6, 6.07) is 3.74. The van der Waals surface area contributed by atoms with Crippen molar-refractivity contribution in [3.8, 4) is 11.3 Å². The summed E-state index contributed by atoms with van der Waals surface area (Å²) in [5.41, 5.74) is 1.94. The summed E-state index contributed by atoms with van der Waals surface area (Å²) in [5.74, 6) is -1.27. The molecule has 0 fully saturated rings. The van der Waals surface area contributed by atoms with Crippen molar-refractivity contribution in [3.63, 3.8) is 0 Å². The van der Waals surface area contributed by atoms with Gasteiger partial charge < -0.3 is 5.32 Å². The quantitative estimate of drug-likeness (QED) is 0.908. The number of benzene rings is 1. The van der Waals surface area contributed by atoms with Gasteiger partial charge in [-0.3, -0.25) is 0 Å². The fourth-order valence-electron chi connectivity index (χ4n) is 1.62. The zero-order valence-electron chi connectivity index (χ0n) is 10.2. The van der Waals surface area contributed by atoms with Crippen LogP contribution in [0.4, 0.5) is 14.7 Å². The van der Waals surface area contributed by atoms with Gasteiger partial charge in [0.05, 0.1) is 5.69 Å². The Labute approximate surface area is 104 Å². The number of nitrogens with one attached hydrogen (secondary N) is 1. The highest BCUT2D eigenvalue weighted by Gasteiger charge is 2.09. The van der Waals surface area contributed by atoms with Gasteiger partial charge in [-0.15, -0.1) is 0 Å². The monoisotopic (exact) mass is 249 g/mol. The molecule has 0 amide bonds. The number of hydrogen-bond donors (Lipinski definition) is 1. The molecule has 0 unspecified atom stereocenters. The lowest BCUT2D eigenvalue weighted by Crippen LogP contribution is -2.03. The van der Waals surface area contributed by atoms with Crippen LogP contribution in [0.2, 0.25) is 0 Å². The van der Waals surface area contributed by atoms with Gasteiger partial charge in [-0.1, -0.05) is 0 Å². The van der Waals surface area contributed by atoms with Gasteiger partial charge in [-0.25, -0.2) is 18.7 Å². The van der Waals surface area contributed by atoms with E-state index in [0.29, 0.717) is 23.8 Å². The van der Waals surface area contributed by atoms with Gasteiger partial charge in [0.1, 0.15) is 0 Å². The van der Waals surface area contributed by atoms with E-state index < -0.39 is 11.6 Å². The number of hydrogen-bond acceptors (Lipinski definition) is 3. The minimum Gasteiger partial charge on any atom is -0.354 e. The van der Waals surface area contributed by atoms with E-state index in [4.69, 9.17) is 0 Å². The standard InChI is InChI=1S/C13H13F2N3/c1-3-16-13-17-7-8(2)12(18-13)9-4-5-10(14)11(15)6-9/h4-7H,3H2,1-2H3,(H,16,17,18). The molecule has 5 heteroatoms. The molecule has 1 aromatic carbocycles. The van der Waals surface area contributed by atoms with Gasteiger partial charge in [0.2, 0.25) is 5.95 Å². The maximum absolute atomic E-state index is 13.2. The number of halogens is 2. The van der Waals surface area contributed by atoms with Gasteiger partial charge in [0.25, 0.3) is 0 Å². The normalized spacial score (nSPS) is 10.4. The molecular weight excluding hydrogens is 236 g/mol. The van der Waals surface area contributed by atoms with E-state index in [2.05, 4.69) is 15.3 Å². The molecule has 0 spiro atoms. The third-order valence-electron chi connectivity index (χ3n) is 2.50. The first-order valence-electron chi connectivity index (χ1n) is 5.64. The summed E-state index contributed by atoms with van der Waals surface area (Å²) >= 11 is 0. The Morgan fingerprint density at radius 1 is 1.22 bits per heavy atom. The zero-order chi connectivity index (χ0) is 13.1. The van der Waals surface area contributed by atoms with Crippen molar-refractivity contribution in [3.05, 3.63) is 41.6 Å². The SMILES string of the molecule is CCNc1ncc(C)c(-c2ccc(F)c(F)c2)n1. The number of aromatic nitrogens is 2. The fraction of sp³-hybridized carbons (Fsp3) is 0.231. The highest BCUT2D eigenvalue weighted by molar-refractivity contribution is 5.63. The Morgan fingerprint density at radius 2 is 2.00 bits per heavy atom. The van der Waals surface area contributed by atoms with Crippen molar-refractivity contribution in [1.82, 2.24) is 9.97 Å². The molecular formula is C13H13F2N3. The van der Waals surface area contributed by atoms with Crippen LogP contribution in [0, 0.1) is 18.6 Å². The van der Waals surface area contributed by atoms with Crippen molar-refractivity contribution >= 4 is 5.95 Å². The second kappa shape index (κ2) is 5.08. The summed E-state index contributed by atoms with van der Waals surface area (Å²) in [7, 11) is 0. The number of aryl methyl sites for hydroxylation is 1. The minimum atomic E-state index is -0.879. The van der Waals surface area contributed by atoms with Crippen LogP contribution in [0.15, 0.2) is 24.4 Å². The highest BCUT2D eigenvalue weighted by atomic mass is 19.2. The van der Waals surface area contributed by atoms with Crippen LogP contribution in [0.5, 0.6) is 0 Å². The summed E-state index contributed by atoms with van der Waals surface area (Å²) in [6.45, 7) is 4.45. The zero-order valence-corrected chi connectivity index (χ0v) is 10.2. The molecule has 1 aromatic heterocycles. The molecule has 0 aliphatic heterocycles. The van der Waals surface area contributed by atoms with E-state index in [-0.39, 0.29) is 0 Å². The predicted molar refractivity (Wildman–Crippen MR) is 66.3 cm³/mol. The van der Waals surface area contributed by atoms with Crippen LogP contribution in [-0.4, -0.2) is 16.5 Å². The van der Waals surface area contributed by atoms with Gasteiger partial charge >= 0.3 is 0 Å². The van der Waals surface area contributed by atoms with Crippen LogP contribution >= 0.6 is 0 Å². The third-order valence-corrected chi connectivity index (χ3v) is 2.50. The summed E-state index contributed by atoms with van der Waals surface area (Å²) < 4.78 is 26.1. The van der Waals surface area contributed by atoms with Crippen LogP contribution in [-0.2, 0) is 0 Å². The summed E-state index contributed by atoms with van der Waals surface area (Å²) in [6.07, 6.45) is 1.65. The third kappa shape index (κ3) is 2.45. The van der Waals surface area contributed by atoms with Crippen LogP contribution < -0.4 is 5.32 Å². The molecule has 2 aromatic rings.